The van der Waals surface area contributed by atoms with Crippen LogP contribution in [0.1, 0.15) is 33.2 Å². The molecular weight excluding hydrogens is 336 g/mol. The molecule has 0 aliphatic heterocycles. The number of rotatable bonds is 5. The van der Waals surface area contributed by atoms with Gasteiger partial charge in [-0.2, -0.15) is 0 Å². The zero-order valence-corrected chi connectivity index (χ0v) is 14.2. The molecule has 26 heavy (non-hydrogen) atoms. The van der Waals surface area contributed by atoms with Crippen molar-refractivity contribution in [3.05, 3.63) is 64.7 Å². The third-order valence-electron chi connectivity index (χ3n) is 4.08. The van der Waals surface area contributed by atoms with Crippen LogP contribution in [0.2, 0.25) is 0 Å². The van der Waals surface area contributed by atoms with Crippen molar-refractivity contribution in [2.45, 2.75) is 13.0 Å². The number of fused-ring (bicyclic) bond motifs is 1. The van der Waals surface area contributed by atoms with Crippen molar-refractivity contribution in [1.82, 2.24) is 0 Å². The Morgan fingerprint density at radius 2 is 1.65 bits per heavy atom. The number of carboxylic acids is 1. The lowest BCUT2D eigenvalue weighted by atomic mass is 10.1. The smallest absolute Gasteiger partial charge is 0.344 e. The van der Waals surface area contributed by atoms with E-state index in [0.29, 0.717) is 22.4 Å². The molecule has 2 aromatic rings. The molecule has 1 aliphatic carbocycles. The SMILES string of the molecule is COc1cccc(C=C2C(=O)c3ccccc3C2=O)c1OC(C)C(=O)O. The molecule has 1 aliphatic rings. The number of ketones is 2. The maximum Gasteiger partial charge on any atom is 0.344 e. The van der Waals surface area contributed by atoms with Gasteiger partial charge in [0, 0.05) is 16.7 Å². The van der Waals surface area contributed by atoms with E-state index in [2.05, 4.69) is 0 Å². The number of carbonyl (C=O) groups is 3. The summed E-state index contributed by atoms with van der Waals surface area (Å²) < 4.78 is 10.7. The van der Waals surface area contributed by atoms with Crippen molar-refractivity contribution in [1.29, 1.82) is 0 Å². The molecular formula is C20H16O6. The highest BCUT2D eigenvalue weighted by Crippen LogP contribution is 2.35. The Morgan fingerprint density at radius 3 is 2.19 bits per heavy atom. The summed E-state index contributed by atoms with van der Waals surface area (Å²) in [7, 11) is 1.42. The maximum atomic E-state index is 12.6. The van der Waals surface area contributed by atoms with E-state index >= 15 is 0 Å². The standard InChI is InChI=1S/C20H16O6/c1-11(20(23)24)26-19-12(6-5-9-16(19)25-2)10-15-17(21)13-7-3-4-8-14(13)18(15)22/h3-11H,1-2H3,(H,23,24). The maximum absolute atomic E-state index is 12.6. The number of carboxylic acid groups (broad SMARTS) is 1. The van der Waals surface area contributed by atoms with Crippen LogP contribution in [0.25, 0.3) is 6.08 Å². The minimum Gasteiger partial charge on any atom is -0.493 e. The van der Waals surface area contributed by atoms with E-state index in [1.54, 1.807) is 42.5 Å². The van der Waals surface area contributed by atoms with E-state index in [-0.39, 0.29) is 22.9 Å². The van der Waals surface area contributed by atoms with Crippen LogP contribution in [0, 0.1) is 0 Å². The summed E-state index contributed by atoms with van der Waals surface area (Å²) in [5.41, 5.74) is 1.11. The first-order chi connectivity index (χ1) is 12.4. The fraction of sp³-hybridized carbons (Fsp3) is 0.150. The van der Waals surface area contributed by atoms with Gasteiger partial charge in [0.15, 0.2) is 29.2 Å². The Morgan fingerprint density at radius 1 is 1.04 bits per heavy atom. The van der Waals surface area contributed by atoms with Crippen LogP contribution in [-0.4, -0.2) is 35.9 Å². The first-order valence-corrected chi connectivity index (χ1v) is 7.90. The number of carbonyl (C=O) groups excluding carboxylic acids is 2. The van der Waals surface area contributed by atoms with Crippen LogP contribution < -0.4 is 9.47 Å². The predicted octanol–water partition coefficient (Wildman–Crippen LogP) is 3.01. The lowest BCUT2D eigenvalue weighted by molar-refractivity contribution is -0.144. The van der Waals surface area contributed by atoms with E-state index in [4.69, 9.17) is 14.6 Å². The summed E-state index contributed by atoms with van der Waals surface area (Å²) in [6.45, 7) is 1.38. The van der Waals surface area contributed by atoms with Crippen molar-refractivity contribution < 1.29 is 29.0 Å². The first kappa shape index (κ1) is 17.4. The molecule has 1 N–H and O–H groups in total. The molecule has 1 unspecified atom stereocenters. The summed E-state index contributed by atoms with van der Waals surface area (Å²) in [6, 6.07) is 11.5. The average molecular weight is 352 g/mol. The molecule has 3 rings (SSSR count). The molecule has 0 radical (unpaired) electrons. The van der Waals surface area contributed by atoms with Crippen LogP contribution in [0.15, 0.2) is 48.0 Å². The van der Waals surface area contributed by atoms with Crippen LogP contribution in [0.3, 0.4) is 0 Å². The quantitative estimate of drug-likeness (QED) is 0.657. The van der Waals surface area contributed by atoms with Gasteiger partial charge in [-0.15, -0.1) is 0 Å². The Labute approximate surface area is 149 Å². The highest BCUT2D eigenvalue weighted by Gasteiger charge is 2.33. The minimum atomic E-state index is -1.14. The van der Waals surface area contributed by atoms with Gasteiger partial charge in [-0.05, 0) is 19.1 Å². The number of allylic oxidation sites excluding steroid dienone is 1. The topological polar surface area (TPSA) is 89.9 Å². The summed E-state index contributed by atoms with van der Waals surface area (Å²) >= 11 is 0. The van der Waals surface area contributed by atoms with E-state index in [9.17, 15) is 14.4 Å². The molecule has 0 saturated heterocycles. The number of hydrogen-bond donors (Lipinski definition) is 1. The fourth-order valence-corrected chi connectivity index (χ4v) is 2.72. The number of hydrogen-bond acceptors (Lipinski definition) is 5. The summed E-state index contributed by atoms with van der Waals surface area (Å²) in [5, 5.41) is 9.10. The van der Waals surface area contributed by atoms with E-state index in [0.717, 1.165) is 0 Å². The molecule has 0 spiro atoms. The van der Waals surface area contributed by atoms with Crippen molar-refractivity contribution in [3.63, 3.8) is 0 Å². The van der Waals surface area contributed by atoms with Crippen LogP contribution in [0.5, 0.6) is 11.5 Å². The van der Waals surface area contributed by atoms with Crippen molar-refractivity contribution in [2.24, 2.45) is 0 Å². The van der Waals surface area contributed by atoms with Gasteiger partial charge in [-0.1, -0.05) is 36.4 Å². The Balaban J connectivity index is 2.08. The molecule has 6 nitrogen and oxygen atoms in total. The Hall–Kier alpha value is -3.41. The normalized spacial score (nSPS) is 14.0. The zero-order valence-electron chi connectivity index (χ0n) is 14.2. The lowest BCUT2D eigenvalue weighted by Crippen LogP contribution is -2.23. The van der Waals surface area contributed by atoms with Crippen molar-refractivity contribution >= 4 is 23.6 Å². The van der Waals surface area contributed by atoms with Crippen molar-refractivity contribution in [2.75, 3.05) is 7.11 Å². The van der Waals surface area contributed by atoms with E-state index in [1.807, 2.05) is 0 Å². The Kier molecular flexibility index (Phi) is 4.58. The van der Waals surface area contributed by atoms with Gasteiger partial charge in [-0.25, -0.2) is 4.79 Å². The number of methoxy groups -OCH3 is 1. The van der Waals surface area contributed by atoms with Crippen LogP contribution in [-0.2, 0) is 4.79 Å². The number of benzene rings is 2. The third kappa shape index (κ3) is 2.97. The largest absolute Gasteiger partial charge is 0.493 e. The molecule has 1 atom stereocenters. The van der Waals surface area contributed by atoms with Gasteiger partial charge < -0.3 is 14.6 Å². The predicted molar refractivity (Wildman–Crippen MR) is 93.8 cm³/mol. The highest BCUT2D eigenvalue weighted by atomic mass is 16.5. The van der Waals surface area contributed by atoms with Crippen LogP contribution >= 0.6 is 0 Å². The summed E-state index contributed by atoms with van der Waals surface area (Å²) in [5.74, 6) is -1.41. The molecule has 0 saturated carbocycles. The molecule has 0 bridgehead atoms. The van der Waals surface area contributed by atoms with Gasteiger partial charge in [0.25, 0.3) is 0 Å². The molecule has 6 heteroatoms. The second-order valence-corrected chi connectivity index (χ2v) is 5.74. The summed E-state index contributed by atoms with van der Waals surface area (Å²) in [6.07, 6.45) is 0.285. The number of ether oxygens (including phenoxy) is 2. The average Bonchev–Trinajstić information content (AvgIpc) is 2.88. The van der Waals surface area contributed by atoms with E-state index < -0.39 is 12.1 Å². The highest BCUT2D eigenvalue weighted by molar-refractivity contribution is 6.41. The monoisotopic (exact) mass is 352 g/mol. The number of aliphatic carboxylic acids is 1. The van der Waals surface area contributed by atoms with Gasteiger partial charge >= 0.3 is 5.97 Å². The van der Waals surface area contributed by atoms with Gasteiger partial charge in [0.1, 0.15) is 0 Å². The second-order valence-electron chi connectivity index (χ2n) is 5.74. The number of Topliss-reactive ketones (excluding diaryl/α,β-unsaturated/α-hetero) is 2. The van der Waals surface area contributed by atoms with Gasteiger partial charge in [-0.3, -0.25) is 9.59 Å². The third-order valence-corrected chi connectivity index (χ3v) is 4.08. The van der Waals surface area contributed by atoms with Gasteiger partial charge in [0.2, 0.25) is 0 Å². The molecule has 0 aromatic heterocycles. The number of para-hydroxylation sites is 1. The second kappa shape index (κ2) is 6.84. The van der Waals surface area contributed by atoms with Crippen LogP contribution in [0.4, 0.5) is 0 Å². The van der Waals surface area contributed by atoms with Crippen molar-refractivity contribution in [3.8, 4) is 11.5 Å². The minimum absolute atomic E-state index is 0.00674. The van der Waals surface area contributed by atoms with Gasteiger partial charge in [0.05, 0.1) is 12.7 Å². The molecule has 0 heterocycles. The molecule has 132 valence electrons. The van der Waals surface area contributed by atoms with E-state index in [1.165, 1.54) is 20.1 Å². The molecule has 2 aromatic carbocycles. The summed E-state index contributed by atoms with van der Waals surface area (Å²) in [4.78, 5) is 36.2. The molecule has 0 amide bonds. The molecule has 0 fully saturated rings. The lowest BCUT2D eigenvalue weighted by Gasteiger charge is -2.16. The zero-order chi connectivity index (χ0) is 18.8. The Bertz CT molecular complexity index is 904. The fourth-order valence-electron chi connectivity index (χ4n) is 2.72. The first-order valence-electron chi connectivity index (χ1n) is 7.90.